The number of carbonyl (C=O) groups is 1. The molecule has 0 saturated carbocycles. The minimum atomic E-state index is -0.0551. The summed E-state index contributed by atoms with van der Waals surface area (Å²) in [6.45, 7) is 1.49. The summed E-state index contributed by atoms with van der Waals surface area (Å²) in [6.07, 6.45) is 1.88. The highest BCUT2D eigenvalue weighted by Gasteiger charge is 2.34. The van der Waals surface area contributed by atoms with Gasteiger partial charge in [-0.2, -0.15) is 0 Å². The predicted octanol–water partition coefficient (Wildman–Crippen LogP) is 4.35. The van der Waals surface area contributed by atoms with E-state index >= 15 is 0 Å². The molecule has 1 saturated heterocycles. The fourth-order valence-corrected chi connectivity index (χ4v) is 3.54. The van der Waals surface area contributed by atoms with E-state index in [1.807, 2.05) is 85.1 Å². The van der Waals surface area contributed by atoms with Crippen molar-refractivity contribution < 1.29 is 14.3 Å². The van der Waals surface area contributed by atoms with Crippen LogP contribution in [0, 0.1) is 0 Å². The van der Waals surface area contributed by atoms with Crippen molar-refractivity contribution in [3.63, 3.8) is 0 Å². The average Bonchev–Trinajstić information content (AvgIpc) is 3.27. The molecule has 0 aliphatic carbocycles. The molecule has 0 unspecified atom stereocenters. The number of nitrogens with zero attached hydrogens (tertiary/aromatic N) is 4. The van der Waals surface area contributed by atoms with Crippen LogP contribution >= 0.6 is 0 Å². The molecular weight excluding hydrogens is 404 g/mol. The van der Waals surface area contributed by atoms with E-state index in [4.69, 9.17) is 9.47 Å². The van der Waals surface area contributed by atoms with Crippen LogP contribution in [0.3, 0.4) is 0 Å². The number of hydrogen-bond donors (Lipinski definition) is 0. The lowest BCUT2D eigenvalue weighted by Crippen LogP contribution is -2.51. The molecule has 160 valence electrons. The molecule has 1 aliphatic heterocycles. The first-order valence-corrected chi connectivity index (χ1v) is 10.5. The number of aromatic nitrogens is 3. The summed E-state index contributed by atoms with van der Waals surface area (Å²) in [7, 11) is 0. The molecule has 3 aromatic carbocycles. The van der Waals surface area contributed by atoms with E-state index < -0.39 is 0 Å². The average molecular weight is 426 g/mol. The SMILES string of the molecule is O=C(c1ccccc1Oc1ccccc1)N1CC(n2cc(COc3ccccc3)nn2)C1. The molecule has 1 fully saturated rings. The van der Waals surface area contributed by atoms with Crippen LogP contribution in [0.15, 0.2) is 91.1 Å². The van der Waals surface area contributed by atoms with Gasteiger partial charge in [-0.15, -0.1) is 5.10 Å². The van der Waals surface area contributed by atoms with E-state index in [1.165, 1.54) is 0 Å². The molecule has 1 amide bonds. The van der Waals surface area contributed by atoms with Crippen molar-refractivity contribution in [2.24, 2.45) is 0 Å². The second kappa shape index (κ2) is 8.93. The number of rotatable bonds is 7. The molecule has 7 heteroatoms. The lowest BCUT2D eigenvalue weighted by Gasteiger charge is -2.39. The van der Waals surface area contributed by atoms with Crippen LogP contribution in [0.1, 0.15) is 22.1 Å². The second-order valence-corrected chi connectivity index (χ2v) is 7.57. The van der Waals surface area contributed by atoms with Crippen LogP contribution < -0.4 is 9.47 Å². The van der Waals surface area contributed by atoms with Crippen LogP contribution in [0.5, 0.6) is 17.2 Å². The van der Waals surface area contributed by atoms with Crippen LogP contribution in [0.2, 0.25) is 0 Å². The molecule has 0 spiro atoms. The van der Waals surface area contributed by atoms with Gasteiger partial charge in [0.2, 0.25) is 0 Å². The van der Waals surface area contributed by atoms with Gasteiger partial charge < -0.3 is 14.4 Å². The number of ether oxygens (including phenoxy) is 2. The molecule has 7 nitrogen and oxygen atoms in total. The maximum absolute atomic E-state index is 13.1. The van der Waals surface area contributed by atoms with Gasteiger partial charge in [-0.05, 0) is 36.4 Å². The number of carbonyl (C=O) groups excluding carboxylic acids is 1. The number of likely N-dealkylation sites (tertiary alicyclic amines) is 1. The van der Waals surface area contributed by atoms with E-state index in [0.29, 0.717) is 36.8 Å². The highest BCUT2D eigenvalue weighted by atomic mass is 16.5. The third kappa shape index (κ3) is 4.32. The van der Waals surface area contributed by atoms with Gasteiger partial charge in [-0.3, -0.25) is 4.79 Å². The van der Waals surface area contributed by atoms with Crippen LogP contribution in [0.25, 0.3) is 0 Å². The standard InChI is InChI=1S/C25H22N4O3/c30-25(23-13-7-8-14-24(23)32-22-11-5-2-6-12-22)28-16-20(17-28)29-15-19(26-27-29)18-31-21-9-3-1-4-10-21/h1-15,20H,16-18H2. The van der Waals surface area contributed by atoms with Crippen LogP contribution in [-0.2, 0) is 6.61 Å². The lowest BCUT2D eigenvalue weighted by molar-refractivity contribution is 0.0496. The minimum absolute atomic E-state index is 0.0551. The summed E-state index contributed by atoms with van der Waals surface area (Å²) in [5, 5.41) is 8.40. The van der Waals surface area contributed by atoms with E-state index in [1.54, 1.807) is 15.6 Å². The first-order valence-electron chi connectivity index (χ1n) is 10.5. The van der Waals surface area contributed by atoms with E-state index in [2.05, 4.69) is 10.3 Å². The molecule has 0 radical (unpaired) electrons. The smallest absolute Gasteiger partial charge is 0.257 e. The molecule has 1 aliphatic rings. The number of benzene rings is 3. The zero-order chi connectivity index (χ0) is 21.8. The quantitative estimate of drug-likeness (QED) is 0.440. The number of para-hydroxylation sites is 3. The Morgan fingerprint density at radius 1 is 0.875 bits per heavy atom. The fraction of sp³-hybridized carbons (Fsp3) is 0.160. The van der Waals surface area contributed by atoms with Gasteiger partial charge in [0, 0.05) is 13.1 Å². The molecule has 5 rings (SSSR count). The number of hydrogen-bond acceptors (Lipinski definition) is 5. The molecule has 32 heavy (non-hydrogen) atoms. The monoisotopic (exact) mass is 426 g/mol. The maximum Gasteiger partial charge on any atom is 0.257 e. The van der Waals surface area contributed by atoms with Gasteiger partial charge in [-0.25, -0.2) is 4.68 Å². The van der Waals surface area contributed by atoms with Crippen LogP contribution in [0.4, 0.5) is 0 Å². The Balaban J connectivity index is 1.19. The van der Waals surface area contributed by atoms with Crippen molar-refractivity contribution >= 4 is 5.91 Å². The zero-order valence-electron chi connectivity index (χ0n) is 17.4. The lowest BCUT2D eigenvalue weighted by atomic mass is 10.1. The van der Waals surface area contributed by atoms with Crippen molar-refractivity contribution in [2.75, 3.05) is 13.1 Å². The Morgan fingerprint density at radius 3 is 2.28 bits per heavy atom. The molecule has 0 N–H and O–H groups in total. The summed E-state index contributed by atoms with van der Waals surface area (Å²) in [4.78, 5) is 14.9. The molecule has 0 atom stereocenters. The zero-order valence-corrected chi connectivity index (χ0v) is 17.4. The van der Waals surface area contributed by atoms with Gasteiger partial charge in [0.1, 0.15) is 29.5 Å². The Hall–Kier alpha value is -4.13. The first-order chi connectivity index (χ1) is 15.8. The summed E-state index contributed by atoms with van der Waals surface area (Å²) in [6, 6.07) is 26.5. The summed E-state index contributed by atoms with van der Waals surface area (Å²) in [5.41, 5.74) is 1.30. The molecule has 4 aromatic rings. The molecule has 1 aromatic heterocycles. The highest BCUT2D eigenvalue weighted by molar-refractivity contribution is 5.97. The van der Waals surface area contributed by atoms with Gasteiger partial charge >= 0.3 is 0 Å². The summed E-state index contributed by atoms with van der Waals surface area (Å²) >= 11 is 0. The van der Waals surface area contributed by atoms with Gasteiger partial charge in [-0.1, -0.05) is 53.7 Å². The Bertz CT molecular complexity index is 1190. The van der Waals surface area contributed by atoms with Gasteiger partial charge in [0.15, 0.2) is 0 Å². The molecular formula is C25H22N4O3. The van der Waals surface area contributed by atoms with E-state index in [-0.39, 0.29) is 11.9 Å². The molecule has 2 heterocycles. The van der Waals surface area contributed by atoms with E-state index in [9.17, 15) is 4.79 Å². The summed E-state index contributed by atoms with van der Waals surface area (Å²) in [5.74, 6) is 1.98. The van der Waals surface area contributed by atoms with Crippen molar-refractivity contribution in [1.29, 1.82) is 0 Å². The highest BCUT2D eigenvalue weighted by Crippen LogP contribution is 2.29. The fourth-order valence-electron chi connectivity index (χ4n) is 3.54. The van der Waals surface area contributed by atoms with Crippen molar-refractivity contribution in [3.8, 4) is 17.2 Å². The van der Waals surface area contributed by atoms with Crippen molar-refractivity contribution in [2.45, 2.75) is 12.6 Å². The predicted molar refractivity (Wildman–Crippen MR) is 119 cm³/mol. The van der Waals surface area contributed by atoms with Gasteiger partial charge in [0.05, 0.1) is 17.8 Å². The van der Waals surface area contributed by atoms with Gasteiger partial charge in [0.25, 0.3) is 5.91 Å². The summed E-state index contributed by atoms with van der Waals surface area (Å²) < 4.78 is 13.5. The Labute approximate surface area is 185 Å². The second-order valence-electron chi connectivity index (χ2n) is 7.57. The minimum Gasteiger partial charge on any atom is -0.487 e. The third-order valence-electron chi connectivity index (χ3n) is 5.30. The topological polar surface area (TPSA) is 69.5 Å². The largest absolute Gasteiger partial charge is 0.487 e. The molecule has 0 bridgehead atoms. The third-order valence-corrected chi connectivity index (χ3v) is 5.30. The van der Waals surface area contributed by atoms with E-state index in [0.717, 1.165) is 11.4 Å². The Morgan fingerprint density at radius 2 is 1.53 bits per heavy atom. The normalized spacial score (nSPS) is 13.4. The first kappa shape index (κ1) is 19.8. The number of amides is 1. The van der Waals surface area contributed by atoms with Crippen LogP contribution in [-0.4, -0.2) is 38.9 Å². The maximum atomic E-state index is 13.1. The Kier molecular flexibility index (Phi) is 5.53. The van der Waals surface area contributed by atoms with Crippen molar-refractivity contribution in [3.05, 3.63) is 102 Å². The van der Waals surface area contributed by atoms with Crippen molar-refractivity contribution in [1.82, 2.24) is 19.9 Å².